The van der Waals surface area contributed by atoms with Gasteiger partial charge in [0, 0.05) is 35.1 Å². The first-order valence-electron chi connectivity index (χ1n) is 9.66. The summed E-state index contributed by atoms with van der Waals surface area (Å²) < 4.78 is 1.88. The van der Waals surface area contributed by atoms with Crippen LogP contribution in [0.1, 0.15) is 19.8 Å². The third-order valence-corrected chi connectivity index (χ3v) is 4.92. The maximum atomic E-state index is 12.8. The van der Waals surface area contributed by atoms with Gasteiger partial charge in [-0.2, -0.15) is 0 Å². The molecule has 0 aliphatic rings. The molecule has 5 nitrogen and oxygen atoms in total. The number of fused-ring (bicyclic) bond motifs is 1. The van der Waals surface area contributed by atoms with Gasteiger partial charge in [0.15, 0.2) is 16.9 Å². The summed E-state index contributed by atoms with van der Waals surface area (Å²) in [6.07, 6.45) is 3.77. The lowest BCUT2D eigenvalue weighted by Gasteiger charge is -2.15. The first-order valence-corrected chi connectivity index (χ1v) is 10.0. The van der Waals surface area contributed by atoms with E-state index in [-0.39, 0.29) is 5.43 Å². The molecule has 0 saturated carbocycles. The van der Waals surface area contributed by atoms with Crippen molar-refractivity contribution in [3.05, 3.63) is 82.1 Å². The van der Waals surface area contributed by atoms with Gasteiger partial charge in [0.05, 0.1) is 0 Å². The van der Waals surface area contributed by atoms with Crippen molar-refractivity contribution in [2.24, 2.45) is 0 Å². The van der Waals surface area contributed by atoms with Crippen molar-refractivity contribution in [2.45, 2.75) is 19.8 Å². The highest BCUT2D eigenvalue weighted by Gasteiger charge is 2.15. The summed E-state index contributed by atoms with van der Waals surface area (Å²) in [6.45, 7) is 2.86. The van der Waals surface area contributed by atoms with Crippen molar-refractivity contribution >= 4 is 28.5 Å². The molecule has 6 heteroatoms. The molecule has 146 valence electrons. The van der Waals surface area contributed by atoms with Crippen LogP contribution < -0.4 is 10.7 Å². The number of aromatic nitrogens is 3. The maximum absolute atomic E-state index is 12.8. The normalized spacial score (nSPS) is 11.0. The topological polar surface area (TPSA) is 59.8 Å². The highest BCUT2D eigenvalue weighted by molar-refractivity contribution is 6.30. The fourth-order valence-electron chi connectivity index (χ4n) is 3.21. The van der Waals surface area contributed by atoms with E-state index >= 15 is 0 Å². The second kappa shape index (κ2) is 8.45. The summed E-state index contributed by atoms with van der Waals surface area (Å²) in [5.74, 6) is 1.13. The van der Waals surface area contributed by atoms with E-state index in [0.29, 0.717) is 27.7 Å². The molecule has 0 saturated heterocycles. The largest absolute Gasteiger partial charge is 0.369 e. The van der Waals surface area contributed by atoms with Crippen LogP contribution in [0.5, 0.6) is 0 Å². The third-order valence-electron chi connectivity index (χ3n) is 4.68. The Balaban J connectivity index is 1.99. The van der Waals surface area contributed by atoms with Crippen molar-refractivity contribution < 1.29 is 0 Å². The molecule has 2 heterocycles. The lowest BCUT2D eigenvalue weighted by molar-refractivity contribution is 0.831. The zero-order chi connectivity index (χ0) is 20.2. The maximum Gasteiger partial charge on any atom is 0.194 e. The predicted octanol–water partition coefficient (Wildman–Crippen LogP) is 5.31. The molecule has 0 aliphatic heterocycles. The van der Waals surface area contributed by atoms with Crippen molar-refractivity contribution in [3.8, 4) is 17.1 Å². The molecule has 0 atom stereocenters. The van der Waals surface area contributed by atoms with Crippen molar-refractivity contribution in [1.82, 2.24) is 14.5 Å². The molecule has 0 bridgehead atoms. The van der Waals surface area contributed by atoms with Gasteiger partial charge in [-0.25, -0.2) is 9.97 Å². The Bertz CT molecular complexity index is 1200. The Morgan fingerprint density at radius 2 is 1.86 bits per heavy atom. The van der Waals surface area contributed by atoms with Crippen LogP contribution in [0.4, 0.5) is 5.82 Å². The molecule has 0 aliphatic carbocycles. The van der Waals surface area contributed by atoms with Gasteiger partial charge in [-0.1, -0.05) is 61.3 Å². The molecule has 4 rings (SSSR count). The minimum atomic E-state index is -0.114. The number of pyridine rings is 1. The summed E-state index contributed by atoms with van der Waals surface area (Å²) in [5, 5.41) is 4.43. The Morgan fingerprint density at radius 1 is 1.03 bits per heavy atom. The second-order valence-corrected chi connectivity index (χ2v) is 7.21. The van der Waals surface area contributed by atoms with Crippen LogP contribution in [-0.2, 0) is 0 Å². The summed E-state index contributed by atoms with van der Waals surface area (Å²) in [5.41, 5.74) is 2.16. The number of nitrogens with zero attached hydrogens (tertiary/aromatic N) is 3. The number of hydrogen-bond donors (Lipinski definition) is 1. The Labute approximate surface area is 174 Å². The average Bonchev–Trinajstić information content (AvgIpc) is 2.74. The lowest BCUT2D eigenvalue weighted by atomic mass is 10.2. The fraction of sp³-hybridized carbons (Fsp3) is 0.174. The first kappa shape index (κ1) is 19.2. The van der Waals surface area contributed by atoms with Crippen molar-refractivity contribution in [2.75, 3.05) is 11.9 Å². The van der Waals surface area contributed by atoms with Gasteiger partial charge in [-0.05, 0) is 24.6 Å². The van der Waals surface area contributed by atoms with E-state index < -0.39 is 0 Å². The SMILES string of the molecule is CCCCNc1nc(-c2ccccc2)nc2c1c(=O)ccn2-c1cccc(Cl)c1. The third kappa shape index (κ3) is 4.00. The van der Waals surface area contributed by atoms with Gasteiger partial charge in [0.2, 0.25) is 0 Å². The molecule has 0 fully saturated rings. The number of benzene rings is 2. The Kier molecular flexibility index (Phi) is 5.58. The van der Waals surface area contributed by atoms with Crippen LogP contribution in [0.25, 0.3) is 28.1 Å². The lowest BCUT2D eigenvalue weighted by Crippen LogP contribution is -2.14. The van der Waals surface area contributed by atoms with Gasteiger partial charge < -0.3 is 9.88 Å². The van der Waals surface area contributed by atoms with Crippen LogP contribution in [0.2, 0.25) is 5.02 Å². The molecule has 0 unspecified atom stereocenters. The number of hydrogen-bond acceptors (Lipinski definition) is 4. The molecule has 2 aromatic heterocycles. The molecule has 0 amide bonds. The van der Waals surface area contributed by atoms with E-state index in [4.69, 9.17) is 21.6 Å². The molecular weight excluding hydrogens is 384 g/mol. The van der Waals surface area contributed by atoms with Crippen LogP contribution in [0, 0.1) is 0 Å². The highest BCUT2D eigenvalue weighted by Crippen LogP contribution is 2.25. The zero-order valence-corrected chi connectivity index (χ0v) is 16.9. The average molecular weight is 405 g/mol. The molecular formula is C23H21ClN4O. The van der Waals surface area contributed by atoms with Crippen LogP contribution in [0.15, 0.2) is 71.7 Å². The molecule has 2 aromatic carbocycles. The molecule has 29 heavy (non-hydrogen) atoms. The van der Waals surface area contributed by atoms with Crippen LogP contribution in [-0.4, -0.2) is 21.1 Å². The summed E-state index contributed by atoms with van der Waals surface area (Å²) in [6, 6.07) is 18.8. The highest BCUT2D eigenvalue weighted by atomic mass is 35.5. The van der Waals surface area contributed by atoms with Crippen LogP contribution >= 0.6 is 11.6 Å². The zero-order valence-electron chi connectivity index (χ0n) is 16.1. The van der Waals surface area contributed by atoms with Crippen LogP contribution in [0.3, 0.4) is 0 Å². The summed E-state index contributed by atoms with van der Waals surface area (Å²) in [4.78, 5) is 22.2. The molecule has 4 aromatic rings. The van der Waals surface area contributed by atoms with E-state index in [1.807, 2.05) is 59.2 Å². The standard InChI is InChI=1S/C23H21ClN4O/c1-2-3-13-25-22-20-19(29)12-14-28(18-11-7-10-17(24)15-18)23(20)27-21(26-22)16-8-5-4-6-9-16/h4-12,14-15H,2-3,13H2,1H3,(H,25,26,27). The van der Waals surface area contributed by atoms with Gasteiger partial charge in [-0.3, -0.25) is 4.79 Å². The Morgan fingerprint density at radius 3 is 2.62 bits per heavy atom. The second-order valence-electron chi connectivity index (χ2n) is 6.77. The smallest absolute Gasteiger partial charge is 0.194 e. The molecule has 0 radical (unpaired) electrons. The number of nitrogens with one attached hydrogen (secondary N) is 1. The minimum absolute atomic E-state index is 0.114. The number of halogens is 1. The fourth-order valence-corrected chi connectivity index (χ4v) is 3.39. The van der Waals surface area contributed by atoms with Crippen molar-refractivity contribution in [1.29, 1.82) is 0 Å². The summed E-state index contributed by atoms with van der Waals surface area (Å²) >= 11 is 6.20. The monoisotopic (exact) mass is 404 g/mol. The van der Waals surface area contributed by atoms with E-state index in [1.54, 1.807) is 12.3 Å². The number of unbranched alkanes of at least 4 members (excludes halogenated alkanes) is 1. The minimum Gasteiger partial charge on any atom is -0.369 e. The molecule has 0 spiro atoms. The number of rotatable bonds is 6. The summed E-state index contributed by atoms with van der Waals surface area (Å²) in [7, 11) is 0. The quantitative estimate of drug-likeness (QED) is 0.442. The first-order chi connectivity index (χ1) is 14.2. The van der Waals surface area contributed by atoms with E-state index in [1.165, 1.54) is 0 Å². The molecule has 1 N–H and O–H groups in total. The van der Waals surface area contributed by atoms with Gasteiger partial charge >= 0.3 is 0 Å². The number of anilines is 1. The van der Waals surface area contributed by atoms with E-state index in [2.05, 4.69) is 12.2 Å². The van der Waals surface area contributed by atoms with Gasteiger partial charge in [-0.15, -0.1) is 0 Å². The van der Waals surface area contributed by atoms with Gasteiger partial charge in [0.1, 0.15) is 11.2 Å². The van der Waals surface area contributed by atoms with Gasteiger partial charge in [0.25, 0.3) is 0 Å². The van der Waals surface area contributed by atoms with Crippen molar-refractivity contribution in [3.63, 3.8) is 0 Å². The van der Waals surface area contributed by atoms with E-state index in [9.17, 15) is 4.79 Å². The predicted molar refractivity (Wildman–Crippen MR) is 119 cm³/mol. The Hall–Kier alpha value is -3.18. The van der Waals surface area contributed by atoms with E-state index in [0.717, 1.165) is 30.6 Å².